The quantitative estimate of drug-likeness (QED) is 0.0974. The molecule has 1 aliphatic rings. The van der Waals surface area contributed by atoms with E-state index >= 15 is 0 Å². The molecule has 0 saturated heterocycles. The lowest BCUT2D eigenvalue weighted by atomic mass is 9.82. The molecule has 2 unspecified atom stereocenters. The minimum atomic E-state index is 0.517. The van der Waals surface area contributed by atoms with Crippen LogP contribution in [0.5, 0.6) is 0 Å². The summed E-state index contributed by atoms with van der Waals surface area (Å²) < 4.78 is 0. The maximum absolute atomic E-state index is 3.99. The van der Waals surface area contributed by atoms with Crippen LogP contribution in [0, 0.1) is 11.8 Å². The highest BCUT2D eigenvalue weighted by Gasteiger charge is 2.28. The first-order chi connectivity index (χ1) is 25.1. The maximum Gasteiger partial charge on any atom is 0.0638 e. The number of hydrogen-bond donors (Lipinski definition) is 1. The van der Waals surface area contributed by atoms with Crippen molar-refractivity contribution in [1.29, 1.82) is 0 Å². The molecule has 51 heavy (non-hydrogen) atoms. The molecule has 1 saturated carbocycles. The Balaban J connectivity index is 1.31. The van der Waals surface area contributed by atoms with E-state index in [2.05, 4.69) is 181 Å². The van der Waals surface area contributed by atoms with Gasteiger partial charge in [-0.05, 0) is 129 Å². The van der Waals surface area contributed by atoms with Crippen LogP contribution in [0.3, 0.4) is 0 Å². The molecule has 3 heteroatoms. The summed E-state index contributed by atoms with van der Waals surface area (Å²) in [4.78, 5) is 4.85. The highest BCUT2D eigenvalue weighted by Crippen LogP contribution is 2.40. The van der Waals surface area contributed by atoms with Crippen LogP contribution in [0.25, 0.3) is 10.8 Å². The van der Waals surface area contributed by atoms with Crippen LogP contribution in [-0.2, 0) is 0 Å². The van der Waals surface area contributed by atoms with Crippen LogP contribution in [0.4, 0.5) is 28.4 Å². The zero-order valence-corrected chi connectivity index (χ0v) is 30.6. The van der Waals surface area contributed by atoms with Gasteiger partial charge in [-0.15, -0.1) is 0 Å². The molecule has 1 N–H and O–H groups in total. The van der Waals surface area contributed by atoms with Gasteiger partial charge in [0.1, 0.15) is 0 Å². The summed E-state index contributed by atoms with van der Waals surface area (Å²) >= 11 is 0. The van der Waals surface area contributed by atoms with Gasteiger partial charge in [-0.1, -0.05) is 82.1 Å². The Labute approximate surface area is 306 Å². The van der Waals surface area contributed by atoms with Crippen LogP contribution in [0.15, 0.2) is 146 Å². The van der Waals surface area contributed by atoms with E-state index < -0.39 is 0 Å². The van der Waals surface area contributed by atoms with Gasteiger partial charge in [0.15, 0.2) is 0 Å². The second-order valence-corrected chi connectivity index (χ2v) is 14.2. The van der Waals surface area contributed by atoms with E-state index in [0.29, 0.717) is 12.0 Å². The van der Waals surface area contributed by atoms with Crippen molar-refractivity contribution >= 4 is 39.2 Å². The topological polar surface area (TPSA) is 18.5 Å². The Morgan fingerprint density at radius 3 is 1.51 bits per heavy atom. The summed E-state index contributed by atoms with van der Waals surface area (Å²) in [6.45, 7) is 8.84. The summed E-state index contributed by atoms with van der Waals surface area (Å²) in [5, 5.41) is 6.56. The average Bonchev–Trinajstić information content (AvgIpc) is 3.19. The fourth-order valence-corrected chi connectivity index (χ4v) is 7.94. The monoisotopic (exact) mass is 670 g/mol. The van der Waals surface area contributed by atoms with Crippen molar-refractivity contribution < 1.29 is 0 Å². The molecule has 0 amide bonds. The summed E-state index contributed by atoms with van der Waals surface area (Å²) in [6.07, 6.45) is 7.34. The predicted octanol–water partition coefficient (Wildman–Crippen LogP) is 12.9. The molecule has 1 fully saturated rings. The largest absolute Gasteiger partial charge is 0.381 e. The molecule has 2 atom stereocenters. The molecule has 6 aromatic carbocycles. The Hall–Kier alpha value is -5.15. The first kappa shape index (κ1) is 34.3. The number of nitrogens with one attached hydrogen (secondary N) is 1. The molecule has 0 bridgehead atoms. The molecule has 0 aliphatic heterocycles. The van der Waals surface area contributed by atoms with E-state index in [4.69, 9.17) is 0 Å². The van der Waals surface area contributed by atoms with Crippen LogP contribution in [-0.4, -0.2) is 19.1 Å². The number of nitrogens with zero attached hydrogens (tertiary/aromatic N) is 2. The Morgan fingerprint density at radius 2 is 1.00 bits per heavy atom. The number of hydrogen-bond acceptors (Lipinski definition) is 3. The zero-order valence-electron chi connectivity index (χ0n) is 30.6. The molecule has 0 aromatic heterocycles. The van der Waals surface area contributed by atoms with E-state index in [1.165, 1.54) is 87.5 Å². The lowest BCUT2D eigenvalue weighted by molar-refractivity contribution is 0.350. The summed E-state index contributed by atoms with van der Waals surface area (Å²) in [5.41, 5.74) is 9.82. The molecular formula is C48H52N3+. The molecular weight excluding hydrogens is 619 g/mol. The standard InChI is InChI=1S/C48H52N3/c1-4-34-50(39-17-8-6-9-18-39)41-28-24-37(25-29-41)48(38-26-30-42(31-27-38)51(35-5-2)40-19-10-7-11-20-40)45-32-33-47(44-22-14-13-21-43(44)45)49-46-23-15-12-16-36(46)3/h6-11,13-14,17-22,24-33,36,46,49H,4-5,12,15-16,23,34-35H2,1-3H3/q+1. The number of para-hydroxylation sites is 2. The minimum absolute atomic E-state index is 0.517. The van der Waals surface area contributed by atoms with Crippen molar-refractivity contribution in [1.82, 2.24) is 0 Å². The van der Waals surface area contributed by atoms with Crippen LogP contribution >= 0.6 is 0 Å². The van der Waals surface area contributed by atoms with Crippen molar-refractivity contribution in [2.75, 3.05) is 28.2 Å². The third kappa shape index (κ3) is 7.64. The number of rotatable bonds is 13. The highest BCUT2D eigenvalue weighted by molar-refractivity contribution is 5.98. The van der Waals surface area contributed by atoms with E-state index in [-0.39, 0.29) is 0 Å². The van der Waals surface area contributed by atoms with Gasteiger partial charge in [0.25, 0.3) is 0 Å². The highest BCUT2D eigenvalue weighted by atomic mass is 15.1. The fraction of sp³-hybridized carbons (Fsp3) is 0.271. The van der Waals surface area contributed by atoms with Crippen molar-refractivity contribution in [2.45, 2.75) is 65.3 Å². The summed E-state index contributed by atoms with van der Waals surface area (Å²) in [6, 6.07) is 54.2. The second-order valence-electron chi connectivity index (χ2n) is 14.2. The molecule has 258 valence electrons. The Bertz CT molecular complexity index is 1880. The maximum atomic E-state index is 3.99. The van der Waals surface area contributed by atoms with Crippen LogP contribution < -0.4 is 15.1 Å². The first-order valence-corrected chi connectivity index (χ1v) is 19.2. The van der Waals surface area contributed by atoms with Crippen LogP contribution in [0.2, 0.25) is 0 Å². The van der Waals surface area contributed by atoms with Gasteiger partial charge in [-0.2, -0.15) is 0 Å². The first-order valence-electron chi connectivity index (χ1n) is 19.2. The molecule has 0 heterocycles. The normalized spacial score (nSPS) is 15.7. The smallest absolute Gasteiger partial charge is 0.0638 e. The second kappa shape index (κ2) is 16.2. The van der Waals surface area contributed by atoms with Crippen molar-refractivity contribution in [3.8, 4) is 0 Å². The van der Waals surface area contributed by atoms with Crippen molar-refractivity contribution in [3.05, 3.63) is 168 Å². The lowest BCUT2D eigenvalue weighted by Gasteiger charge is -2.31. The third-order valence-corrected chi connectivity index (χ3v) is 10.6. The third-order valence-electron chi connectivity index (χ3n) is 10.6. The molecule has 1 aliphatic carbocycles. The average molecular weight is 671 g/mol. The molecule has 0 radical (unpaired) electrons. The summed E-state index contributed by atoms with van der Waals surface area (Å²) in [5.74, 6) is 1.94. The van der Waals surface area contributed by atoms with Crippen molar-refractivity contribution in [2.24, 2.45) is 5.92 Å². The van der Waals surface area contributed by atoms with Gasteiger partial charge in [-0.25, -0.2) is 0 Å². The number of anilines is 5. The zero-order chi connectivity index (χ0) is 35.0. The van der Waals surface area contributed by atoms with Gasteiger partial charge < -0.3 is 15.1 Å². The van der Waals surface area contributed by atoms with Gasteiger partial charge >= 0.3 is 0 Å². The number of benzene rings is 6. The molecule has 7 rings (SSSR count). The van der Waals surface area contributed by atoms with E-state index in [1.54, 1.807) is 0 Å². The van der Waals surface area contributed by atoms with Crippen molar-refractivity contribution in [3.63, 3.8) is 0 Å². The van der Waals surface area contributed by atoms with E-state index in [9.17, 15) is 0 Å². The SMILES string of the molecule is CCCN(c1ccccc1)c1ccc([C+](c2ccc(N(CCC)c3ccccc3)cc2)c2ccc(NC3CCCCC3C)c3ccccc23)cc1. The Morgan fingerprint density at radius 1 is 0.529 bits per heavy atom. The minimum Gasteiger partial charge on any atom is -0.381 e. The Kier molecular flexibility index (Phi) is 10.9. The van der Waals surface area contributed by atoms with E-state index in [1.807, 2.05) is 0 Å². The molecule has 0 spiro atoms. The summed E-state index contributed by atoms with van der Waals surface area (Å²) in [7, 11) is 0. The molecule has 3 nitrogen and oxygen atoms in total. The van der Waals surface area contributed by atoms with Gasteiger partial charge in [-0.3, -0.25) is 0 Å². The van der Waals surface area contributed by atoms with Crippen LogP contribution in [0.1, 0.15) is 76.0 Å². The van der Waals surface area contributed by atoms with E-state index in [0.717, 1.165) is 25.9 Å². The fourth-order valence-electron chi connectivity index (χ4n) is 7.94. The number of fused-ring (bicyclic) bond motifs is 1. The van der Waals surface area contributed by atoms with Gasteiger partial charge in [0.05, 0.1) is 39.7 Å². The lowest BCUT2D eigenvalue weighted by Crippen LogP contribution is -2.30. The van der Waals surface area contributed by atoms with Gasteiger partial charge in [0, 0.05) is 41.3 Å². The molecule has 6 aromatic rings. The van der Waals surface area contributed by atoms with Gasteiger partial charge in [0.2, 0.25) is 0 Å². The predicted molar refractivity (Wildman–Crippen MR) is 220 cm³/mol.